The summed E-state index contributed by atoms with van der Waals surface area (Å²) in [7, 11) is -3.49. The Morgan fingerprint density at radius 2 is 1.62 bits per heavy atom. The molecule has 1 fully saturated rings. The summed E-state index contributed by atoms with van der Waals surface area (Å²) < 4.78 is 24.5. The topological polar surface area (TPSA) is 80.3 Å². The minimum atomic E-state index is -3.49. The number of ketones is 1. The molecular weight excluding hydrogens is 350 g/mol. The molecule has 0 atom stereocenters. The maximum atomic E-state index is 12.3. The largest absolute Gasteiger partial charge is 0.326 e. The second kappa shape index (κ2) is 7.41. The number of rotatable bonds is 7. The van der Waals surface area contributed by atoms with Crippen LogP contribution in [0.15, 0.2) is 53.4 Å². The zero-order valence-electron chi connectivity index (χ0n) is 14.6. The number of sulfone groups is 1. The van der Waals surface area contributed by atoms with E-state index in [1.807, 2.05) is 6.92 Å². The van der Waals surface area contributed by atoms with Gasteiger partial charge in [-0.25, -0.2) is 8.42 Å². The number of Topliss-reactive ketones (excluding diaryl/α,β-unsaturated/α-hetero) is 1. The van der Waals surface area contributed by atoms with Gasteiger partial charge in [-0.15, -0.1) is 0 Å². The van der Waals surface area contributed by atoms with Gasteiger partial charge in [0, 0.05) is 23.6 Å². The monoisotopic (exact) mass is 371 g/mol. The van der Waals surface area contributed by atoms with Crippen molar-refractivity contribution in [1.82, 2.24) is 0 Å². The zero-order chi connectivity index (χ0) is 18.7. The molecule has 2 aromatic rings. The van der Waals surface area contributed by atoms with E-state index in [2.05, 4.69) is 5.32 Å². The van der Waals surface area contributed by atoms with Gasteiger partial charge in [-0.1, -0.05) is 17.7 Å². The molecule has 0 heterocycles. The molecule has 1 amide bonds. The van der Waals surface area contributed by atoms with Crippen LogP contribution in [0.1, 0.15) is 35.2 Å². The predicted octanol–water partition coefficient (Wildman–Crippen LogP) is 3.39. The molecule has 0 saturated heterocycles. The van der Waals surface area contributed by atoms with Gasteiger partial charge in [-0.05, 0) is 56.2 Å². The van der Waals surface area contributed by atoms with E-state index in [4.69, 9.17) is 0 Å². The van der Waals surface area contributed by atoms with Crippen molar-refractivity contribution in [3.63, 3.8) is 0 Å². The molecule has 2 aromatic carbocycles. The quantitative estimate of drug-likeness (QED) is 0.757. The molecule has 0 aliphatic heterocycles. The summed E-state index contributed by atoms with van der Waals surface area (Å²) in [4.78, 5) is 24.2. The Morgan fingerprint density at radius 3 is 2.19 bits per heavy atom. The summed E-state index contributed by atoms with van der Waals surface area (Å²) in [5.74, 6) is -0.323. The fourth-order valence-corrected chi connectivity index (χ4v) is 3.85. The number of nitrogens with one attached hydrogen (secondary N) is 1. The van der Waals surface area contributed by atoms with Gasteiger partial charge in [0.05, 0.1) is 10.6 Å². The molecule has 1 saturated carbocycles. The predicted molar refractivity (Wildman–Crippen MR) is 100.0 cm³/mol. The summed E-state index contributed by atoms with van der Waals surface area (Å²) in [5.41, 5.74) is 2.17. The number of anilines is 1. The molecule has 136 valence electrons. The maximum absolute atomic E-state index is 12.3. The van der Waals surface area contributed by atoms with Gasteiger partial charge in [-0.3, -0.25) is 9.59 Å². The van der Waals surface area contributed by atoms with E-state index in [0.29, 0.717) is 11.3 Å². The Bertz CT molecular complexity index is 911. The highest BCUT2D eigenvalue weighted by Gasteiger charge is 2.30. The lowest BCUT2D eigenvalue weighted by molar-refractivity contribution is -0.115. The molecule has 5 nitrogen and oxygen atoms in total. The van der Waals surface area contributed by atoms with Crippen molar-refractivity contribution < 1.29 is 18.0 Å². The lowest BCUT2D eigenvalue weighted by Gasteiger charge is -2.07. The third-order valence-electron chi connectivity index (χ3n) is 4.38. The van der Waals surface area contributed by atoms with Crippen LogP contribution in [0.3, 0.4) is 0 Å². The van der Waals surface area contributed by atoms with E-state index < -0.39 is 9.84 Å². The average Bonchev–Trinajstić information content (AvgIpc) is 3.46. The highest BCUT2D eigenvalue weighted by molar-refractivity contribution is 7.91. The van der Waals surface area contributed by atoms with E-state index in [1.54, 1.807) is 48.5 Å². The average molecular weight is 371 g/mol. The standard InChI is InChI=1S/C20H21NO4S/c1-14-2-10-18(11-3-14)26(24,25)13-12-19(22)21-17-8-6-16(7-9-17)20(23)15-4-5-15/h2-3,6-11,15H,4-5,12-13H2,1H3,(H,21,22). The van der Waals surface area contributed by atoms with Crippen molar-refractivity contribution in [2.45, 2.75) is 31.1 Å². The van der Waals surface area contributed by atoms with Gasteiger partial charge in [0.15, 0.2) is 15.6 Å². The number of benzene rings is 2. The van der Waals surface area contributed by atoms with Gasteiger partial charge in [0.1, 0.15) is 0 Å². The molecule has 1 aliphatic carbocycles. The first-order valence-electron chi connectivity index (χ1n) is 8.59. The molecule has 0 radical (unpaired) electrons. The van der Waals surface area contributed by atoms with Crippen LogP contribution in [-0.2, 0) is 14.6 Å². The number of hydrogen-bond acceptors (Lipinski definition) is 4. The molecule has 0 aromatic heterocycles. The van der Waals surface area contributed by atoms with Crippen LogP contribution >= 0.6 is 0 Å². The smallest absolute Gasteiger partial charge is 0.225 e. The molecular formula is C20H21NO4S. The molecule has 0 spiro atoms. The van der Waals surface area contributed by atoms with Gasteiger partial charge < -0.3 is 5.32 Å². The minimum absolute atomic E-state index is 0.126. The van der Waals surface area contributed by atoms with Crippen LogP contribution in [0, 0.1) is 12.8 Å². The summed E-state index contributed by atoms with van der Waals surface area (Å²) in [5, 5.41) is 2.67. The van der Waals surface area contributed by atoms with E-state index >= 15 is 0 Å². The number of amides is 1. The van der Waals surface area contributed by atoms with E-state index in [0.717, 1.165) is 18.4 Å². The van der Waals surface area contributed by atoms with Crippen LogP contribution in [0.5, 0.6) is 0 Å². The lowest BCUT2D eigenvalue weighted by atomic mass is 10.1. The van der Waals surface area contributed by atoms with Crippen LogP contribution in [0.4, 0.5) is 5.69 Å². The van der Waals surface area contributed by atoms with Gasteiger partial charge in [0.25, 0.3) is 0 Å². The zero-order valence-corrected chi connectivity index (χ0v) is 15.4. The normalized spacial score (nSPS) is 14.0. The van der Waals surface area contributed by atoms with E-state index in [-0.39, 0.29) is 34.7 Å². The molecule has 1 aliphatic rings. The van der Waals surface area contributed by atoms with Crippen molar-refractivity contribution in [3.8, 4) is 0 Å². The second-order valence-corrected chi connectivity index (χ2v) is 8.76. The number of carbonyl (C=O) groups is 2. The number of hydrogen-bond donors (Lipinski definition) is 1. The van der Waals surface area contributed by atoms with Crippen molar-refractivity contribution in [1.29, 1.82) is 0 Å². The number of aryl methyl sites for hydroxylation is 1. The van der Waals surface area contributed by atoms with Crippen molar-refractivity contribution in [2.24, 2.45) is 5.92 Å². The fourth-order valence-electron chi connectivity index (χ4n) is 2.61. The fraction of sp³-hybridized carbons (Fsp3) is 0.300. The van der Waals surface area contributed by atoms with Crippen LogP contribution in [0.2, 0.25) is 0 Å². The Morgan fingerprint density at radius 1 is 1.00 bits per heavy atom. The minimum Gasteiger partial charge on any atom is -0.326 e. The van der Waals surface area contributed by atoms with E-state index in [9.17, 15) is 18.0 Å². The lowest BCUT2D eigenvalue weighted by Crippen LogP contribution is -2.17. The first kappa shape index (κ1) is 18.3. The Kier molecular flexibility index (Phi) is 5.23. The number of carbonyl (C=O) groups excluding carboxylic acids is 2. The Balaban J connectivity index is 1.55. The summed E-state index contributed by atoms with van der Waals surface area (Å²) in [6.45, 7) is 1.88. The highest BCUT2D eigenvalue weighted by Crippen LogP contribution is 2.32. The van der Waals surface area contributed by atoms with Crippen molar-refractivity contribution in [3.05, 3.63) is 59.7 Å². The van der Waals surface area contributed by atoms with E-state index in [1.165, 1.54) is 0 Å². The second-order valence-electron chi connectivity index (χ2n) is 6.65. The third-order valence-corrected chi connectivity index (χ3v) is 6.11. The summed E-state index contributed by atoms with van der Waals surface area (Å²) in [6, 6.07) is 13.3. The van der Waals surface area contributed by atoms with Crippen LogP contribution in [0.25, 0.3) is 0 Å². The van der Waals surface area contributed by atoms with Gasteiger partial charge in [0.2, 0.25) is 5.91 Å². The molecule has 0 unspecified atom stereocenters. The molecule has 1 N–H and O–H groups in total. The van der Waals surface area contributed by atoms with Crippen LogP contribution in [-0.4, -0.2) is 25.9 Å². The van der Waals surface area contributed by atoms with Gasteiger partial charge >= 0.3 is 0 Å². The molecule has 6 heteroatoms. The Labute approximate surface area is 153 Å². The maximum Gasteiger partial charge on any atom is 0.225 e. The molecule has 3 rings (SSSR count). The van der Waals surface area contributed by atoms with Gasteiger partial charge in [-0.2, -0.15) is 0 Å². The summed E-state index contributed by atoms with van der Waals surface area (Å²) in [6.07, 6.45) is 1.78. The summed E-state index contributed by atoms with van der Waals surface area (Å²) >= 11 is 0. The third kappa shape index (κ3) is 4.58. The van der Waals surface area contributed by atoms with Crippen LogP contribution < -0.4 is 5.32 Å². The molecule has 26 heavy (non-hydrogen) atoms. The van der Waals surface area contributed by atoms with Crippen molar-refractivity contribution >= 4 is 27.2 Å². The van der Waals surface area contributed by atoms with Crippen molar-refractivity contribution in [2.75, 3.05) is 11.1 Å². The highest BCUT2D eigenvalue weighted by atomic mass is 32.2. The SMILES string of the molecule is Cc1ccc(S(=O)(=O)CCC(=O)Nc2ccc(C(=O)C3CC3)cc2)cc1. The molecule has 0 bridgehead atoms. The Hall–Kier alpha value is -2.47. The first-order valence-corrected chi connectivity index (χ1v) is 10.2. The first-order chi connectivity index (χ1) is 12.3.